The van der Waals surface area contributed by atoms with E-state index in [1.54, 1.807) is 25.3 Å². The zero-order valence-electron chi connectivity index (χ0n) is 12.1. The van der Waals surface area contributed by atoms with Gasteiger partial charge in [-0.2, -0.15) is 0 Å². The van der Waals surface area contributed by atoms with Crippen LogP contribution < -0.4 is 15.6 Å². The van der Waals surface area contributed by atoms with Crippen molar-refractivity contribution in [2.45, 2.75) is 44.1 Å². The Morgan fingerprint density at radius 2 is 2.10 bits per heavy atom. The van der Waals surface area contributed by atoms with Crippen LogP contribution in [0.3, 0.4) is 0 Å². The average molecular weight is 313 g/mol. The van der Waals surface area contributed by atoms with Gasteiger partial charge in [0, 0.05) is 6.07 Å². The fourth-order valence-corrected chi connectivity index (χ4v) is 2.76. The average Bonchev–Trinajstić information content (AvgIpc) is 2.46. The Morgan fingerprint density at radius 3 is 2.76 bits per heavy atom. The Morgan fingerprint density at radius 1 is 1.38 bits per heavy atom. The summed E-state index contributed by atoms with van der Waals surface area (Å²) in [6, 6.07) is 5.11. The molecule has 0 bridgehead atoms. The fraction of sp³-hybridized carbons (Fsp3) is 0.533. The molecule has 0 atom stereocenters. The second-order valence-electron chi connectivity index (χ2n) is 5.48. The number of ether oxygens (including phenoxy) is 1. The summed E-state index contributed by atoms with van der Waals surface area (Å²) in [5, 5.41) is 10.8. The van der Waals surface area contributed by atoms with Gasteiger partial charge < -0.3 is 9.84 Å². The van der Waals surface area contributed by atoms with E-state index in [-0.39, 0.29) is 12.3 Å². The summed E-state index contributed by atoms with van der Waals surface area (Å²) in [6.45, 7) is 0. The van der Waals surface area contributed by atoms with Gasteiger partial charge in [-0.1, -0.05) is 30.9 Å². The van der Waals surface area contributed by atoms with Gasteiger partial charge in [-0.15, -0.1) is 0 Å². The molecule has 5 nitrogen and oxygen atoms in total. The minimum absolute atomic E-state index is 0.0988. The van der Waals surface area contributed by atoms with E-state index in [9.17, 15) is 9.90 Å². The Kier molecular flexibility index (Phi) is 5.31. The van der Waals surface area contributed by atoms with Crippen LogP contribution >= 0.6 is 11.6 Å². The third-order valence-electron chi connectivity index (χ3n) is 3.78. The molecule has 1 aliphatic rings. The molecule has 0 aliphatic heterocycles. The van der Waals surface area contributed by atoms with Gasteiger partial charge in [0.25, 0.3) is 0 Å². The highest BCUT2D eigenvalue weighted by Crippen LogP contribution is 2.31. The van der Waals surface area contributed by atoms with Gasteiger partial charge in [0.05, 0.1) is 29.8 Å². The molecule has 1 amide bonds. The number of hydrazine groups is 1. The number of halogens is 1. The summed E-state index contributed by atoms with van der Waals surface area (Å²) in [5.41, 5.74) is 5.03. The first kappa shape index (κ1) is 15.9. The standard InChI is InChI=1S/C15H21ClN2O3/c1-21-11-5-6-12(16)13(9-11)17-18-14(19)10-15(20)7-3-2-4-8-15/h5-6,9,17,20H,2-4,7-8,10H2,1H3,(H,18,19). The molecule has 1 aromatic carbocycles. The molecule has 1 aromatic rings. The molecule has 1 saturated carbocycles. The number of methoxy groups -OCH3 is 1. The van der Waals surface area contributed by atoms with E-state index in [0.29, 0.717) is 29.3 Å². The highest BCUT2D eigenvalue weighted by molar-refractivity contribution is 6.33. The van der Waals surface area contributed by atoms with Gasteiger partial charge in [0.2, 0.25) is 5.91 Å². The maximum Gasteiger partial charge on any atom is 0.241 e. The molecule has 21 heavy (non-hydrogen) atoms. The molecule has 116 valence electrons. The molecule has 1 fully saturated rings. The normalized spacial score (nSPS) is 17.1. The topological polar surface area (TPSA) is 70.6 Å². The van der Waals surface area contributed by atoms with Gasteiger partial charge in [-0.25, -0.2) is 0 Å². The van der Waals surface area contributed by atoms with Crippen molar-refractivity contribution in [3.05, 3.63) is 23.2 Å². The van der Waals surface area contributed by atoms with Crippen molar-refractivity contribution in [1.82, 2.24) is 5.43 Å². The van der Waals surface area contributed by atoms with Crippen molar-refractivity contribution in [2.75, 3.05) is 12.5 Å². The van der Waals surface area contributed by atoms with Gasteiger partial charge >= 0.3 is 0 Å². The quantitative estimate of drug-likeness (QED) is 0.731. The summed E-state index contributed by atoms with van der Waals surface area (Å²) in [5.74, 6) is 0.389. The Hall–Kier alpha value is -1.46. The highest BCUT2D eigenvalue weighted by Gasteiger charge is 2.31. The van der Waals surface area contributed by atoms with E-state index < -0.39 is 5.60 Å². The van der Waals surface area contributed by atoms with Crippen LogP contribution in [0.4, 0.5) is 5.69 Å². The van der Waals surface area contributed by atoms with Crippen LogP contribution in [-0.4, -0.2) is 23.7 Å². The van der Waals surface area contributed by atoms with Crippen LogP contribution in [0.15, 0.2) is 18.2 Å². The Bertz CT molecular complexity index is 502. The van der Waals surface area contributed by atoms with Crippen LogP contribution in [0.5, 0.6) is 5.75 Å². The lowest BCUT2D eigenvalue weighted by molar-refractivity contribution is -0.126. The van der Waals surface area contributed by atoms with Crippen LogP contribution in [0.1, 0.15) is 38.5 Å². The van der Waals surface area contributed by atoms with Crippen molar-refractivity contribution in [3.8, 4) is 5.75 Å². The van der Waals surface area contributed by atoms with Crippen molar-refractivity contribution < 1.29 is 14.6 Å². The van der Waals surface area contributed by atoms with Crippen LogP contribution in [0.25, 0.3) is 0 Å². The first-order valence-electron chi connectivity index (χ1n) is 7.13. The molecule has 0 spiro atoms. The molecule has 2 rings (SSSR count). The first-order valence-corrected chi connectivity index (χ1v) is 7.51. The minimum atomic E-state index is -0.873. The maximum atomic E-state index is 11.9. The monoisotopic (exact) mass is 312 g/mol. The number of hydrogen-bond acceptors (Lipinski definition) is 4. The smallest absolute Gasteiger partial charge is 0.241 e. The number of hydrogen-bond donors (Lipinski definition) is 3. The number of nitrogens with one attached hydrogen (secondary N) is 2. The zero-order valence-corrected chi connectivity index (χ0v) is 12.9. The number of carbonyl (C=O) groups is 1. The SMILES string of the molecule is COc1ccc(Cl)c(NNC(=O)CC2(O)CCCCC2)c1. The summed E-state index contributed by atoms with van der Waals surface area (Å²) >= 11 is 6.04. The lowest BCUT2D eigenvalue weighted by atomic mass is 9.82. The minimum Gasteiger partial charge on any atom is -0.497 e. The Labute approximate surface area is 129 Å². The fourth-order valence-electron chi connectivity index (χ4n) is 2.59. The largest absolute Gasteiger partial charge is 0.497 e. The number of carbonyl (C=O) groups excluding carboxylic acids is 1. The van der Waals surface area contributed by atoms with Crippen LogP contribution in [0.2, 0.25) is 5.02 Å². The highest BCUT2D eigenvalue weighted by atomic mass is 35.5. The number of rotatable bonds is 5. The third-order valence-corrected chi connectivity index (χ3v) is 4.11. The van der Waals surface area contributed by atoms with Crippen molar-refractivity contribution >= 4 is 23.2 Å². The summed E-state index contributed by atoms with van der Waals surface area (Å²) in [6.07, 6.45) is 4.53. The molecule has 1 aliphatic carbocycles. The zero-order chi connectivity index (χ0) is 15.3. The first-order chi connectivity index (χ1) is 10.0. The summed E-state index contributed by atoms with van der Waals surface area (Å²) < 4.78 is 5.10. The maximum absolute atomic E-state index is 11.9. The van der Waals surface area contributed by atoms with Crippen LogP contribution in [0, 0.1) is 0 Å². The molecular weight excluding hydrogens is 292 g/mol. The lowest BCUT2D eigenvalue weighted by Crippen LogP contribution is -2.40. The van der Waals surface area contributed by atoms with E-state index >= 15 is 0 Å². The van der Waals surface area contributed by atoms with E-state index in [1.807, 2.05) is 0 Å². The van der Waals surface area contributed by atoms with Crippen molar-refractivity contribution in [2.24, 2.45) is 0 Å². The third kappa shape index (κ3) is 4.51. The van der Waals surface area contributed by atoms with E-state index in [2.05, 4.69) is 10.9 Å². The second-order valence-corrected chi connectivity index (χ2v) is 5.89. The molecule has 0 heterocycles. The number of benzene rings is 1. The van der Waals surface area contributed by atoms with E-state index in [1.165, 1.54) is 0 Å². The van der Waals surface area contributed by atoms with Crippen molar-refractivity contribution in [3.63, 3.8) is 0 Å². The second kappa shape index (κ2) is 7.00. The number of anilines is 1. The van der Waals surface area contributed by atoms with E-state index in [0.717, 1.165) is 19.3 Å². The summed E-state index contributed by atoms with van der Waals surface area (Å²) in [7, 11) is 1.56. The molecular formula is C15H21ClN2O3. The van der Waals surface area contributed by atoms with Gasteiger partial charge in [0.1, 0.15) is 5.75 Å². The molecule has 3 N–H and O–H groups in total. The molecule has 6 heteroatoms. The lowest BCUT2D eigenvalue weighted by Gasteiger charge is -2.31. The number of amides is 1. The Balaban J connectivity index is 1.89. The van der Waals surface area contributed by atoms with Crippen LogP contribution in [-0.2, 0) is 4.79 Å². The predicted molar refractivity (Wildman–Crippen MR) is 82.4 cm³/mol. The summed E-state index contributed by atoms with van der Waals surface area (Å²) in [4.78, 5) is 11.9. The molecule has 0 radical (unpaired) electrons. The van der Waals surface area contributed by atoms with Crippen molar-refractivity contribution in [1.29, 1.82) is 0 Å². The molecule has 0 unspecified atom stereocenters. The van der Waals surface area contributed by atoms with Gasteiger partial charge in [-0.05, 0) is 25.0 Å². The molecule has 0 saturated heterocycles. The molecule has 0 aromatic heterocycles. The predicted octanol–water partition coefficient (Wildman–Crippen LogP) is 2.88. The van der Waals surface area contributed by atoms with Gasteiger partial charge in [0.15, 0.2) is 0 Å². The number of aliphatic hydroxyl groups is 1. The van der Waals surface area contributed by atoms with E-state index in [4.69, 9.17) is 16.3 Å². The van der Waals surface area contributed by atoms with Gasteiger partial charge in [-0.3, -0.25) is 15.6 Å².